The van der Waals surface area contributed by atoms with Gasteiger partial charge in [0.1, 0.15) is 5.75 Å². The minimum Gasteiger partial charge on any atom is -0.481 e. The van der Waals surface area contributed by atoms with Gasteiger partial charge in [-0.1, -0.05) is 31.2 Å². The highest BCUT2D eigenvalue weighted by Crippen LogP contribution is 2.21. The van der Waals surface area contributed by atoms with E-state index >= 15 is 0 Å². The second-order valence-electron chi connectivity index (χ2n) is 8.16. The number of ether oxygens (including phenoxy) is 2. The van der Waals surface area contributed by atoms with Crippen LogP contribution in [-0.2, 0) is 32.6 Å². The van der Waals surface area contributed by atoms with Crippen LogP contribution in [0.5, 0.6) is 5.75 Å². The maximum atomic E-state index is 12.6. The predicted octanol–water partition coefficient (Wildman–Crippen LogP) is 2.39. The van der Waals surface area contributed by atoms with Crippen LogP contribution in [0.25, 0.3) is 0 Å². The number of hydrogen-bond acceptors (Lipinski definition) is 6. The summed E-state index contributed by atoms with van der Waals surface area (Å²) in [5, 5.41) is 2.94. The molecule has 9 heteroatoms. The average molecular weight is 476 g/mol. The molecule has 1 atom stereocenters. The molecule has 0 spiro atoms. The van der Waals surface area contributed by atoms with Crippen molar-refractivity contribution in [3.63, 3.8) is 0 Å². The van der Waals surface area contributed by atoms with Crippen molar-refractivity contribution in [2.45, 2.75) is 32.5 Å². The Morgan fingerprint density at radius 3 is 2.27 bits per heavy atom. The molecule has 33 heavy (non-hydrogen) atoms. The van der Waals surface area contributed by atoms with Crippen LogP contribution in [0.1, 0.15) is 24.5 Å². The highest BCUT2D eigenvalue weighted by Gasteiger charge is 2.19. The second kappa shape index (κ2) is 11.5. The molecule has 1 aliphatic rings. The van der Waals surface area contributed by atoms with Gasteiger partial charge >= 0.3 is 0 Å². The third-order valence-corrected chi connectivity index (χ3v) is 6.84. The number of carbonyl (C=O) groups is 1. The first-order valence-corrected chi connectivity index (χ1v) is 13.0. The molecule has 0 saturated carbocycles. The quantitative estimate of drug-likeness (QED) is 0.568. The lowest BCUT2D eigenvalue weighted by Crippen LogP contribution is -2.37. The molecule has 1 amide bonds. The van der Waals surface area contributed by atoms with Gasteiger partial charge in [0.2, 0.25) is 10.0 Å². The van der Waals surface area contributed by atoms with Gasteiger partial charge in [-0.2, -0.15) is 0 Å². The summed E-state index contributed by atoms with van der Waals surface area (Å²) in [6, 6.07) is 14.9. The Morgan fingerprint density at radius 1 is 1.09 bits per heavy atom. The molecule has 0 aromatic heterocycles. The molecule has 1 heterocycles. The lowest BCUT2D eigenvalue weighted by molar-refractivity contribution is -0.128. The van der Waals surface area contributed by atoms with Gasteiger partial charge in [0.25, 0.3) is 5.91 Å². The van der Waals surface area contributed by atoms with Crippen molar-refractivity contribution in [2.75, 3.05) is 43.9 Å². The van der Waals surface area contributed by atoms with E-state index in [1.165, 1.54) is 16.9 Å². The Morgan fingerprint density at radius 2 is 1.70 bits per heavy atom. The first-order valence-electron chi connectivity index (χ1n) is 11.1. The number of morpholine rings is 1. The van der Waals surface area contributed by atoms with Crippen LogP contribution in [0.3, 0.4) is 0 Å². The summed E-state index contributed by atoms with van der Waals surface area (Å²) in [5.41, 5.74) is 2.79. The zero-order chi connectivity index (χ0) is 23.8. The smallest absolute Gasteiger partial charge is 0.261 e. The van der Waals surface area contributed by atoms with Crippen LogP contribution in [0, 0.1) is 0 Å². The molecule has 3 rings (SSSR count). The summed E-state index contributed by atoms with van der Waals surface area (Å²) < 4.78 is 35.7. The maximum Gasteiger partial charge on any atom is 0.261 e. The molecular weight excluding hydrogens is 442 g/mol. The van der Waals surface area contributed by atoms with E-state index < -0.39 is 16.1 Å². The molecule has 1 fully saturated rings. The molecule has 1 saturated heterocycles. The first-order chi connectivity index (χ1) is 15.8. The van der Waals surface area contributed by atoms with Gasteiger partial charge in [-0.05, 0) is 41.8 Å². The number of nitrogens with one attached hydrogen (secondary N) is 1. The van der Waals surface area contributed by atoms with Gasteiger partial charge in [-0.3, -0.25) is 14.0 Å². The number of anilines is 1. The SMILES string of the molecule is CC[C@@H](Oc1ccc(N(C)S(C)(=O)=O)cc1)C(=O)NCc1ccc(CN2CCOCC2)cc1. The van der Waals surface area contributed by atoms with Crippen molar-refractivity contribution in [1.82, 2.24) is 10.2 Å². The van der Waals surface area contributed by atoms with Gasteiger partial charge < -0.3 is 14.8 Å². The van der Waals surface area contributed by atoms with E-state index in [1.54, 1.807) is 24.3 Å². The van der Waals surface area contributed by atoms with Gasteiger partial charge in [-0.25, -0.2) is 8.42 Å². The number of rotatable bonds is 10. The molecule has 0 bridgehead atoms. The van der Waals surface area contributed by atoms with Crippen LogP contribution in [0.2, 0.25) is 0 Å². The van der Waals surface area contributed by atoms with E-state index in [2.05, 4.69) is 22.3 Å². The number of nitrogens with zero attached hydrogens (tertiary/aromatic N) is 2. The minimum atomic E-state index is -3.33. The number of carbonyl (C=O) groups excluding carboxylic acids is 1. The Hall–Kier alpha value is -2.62. The van der Waals surface area contributed by atoms with E-state index in [0.29, 0.717) is 24.4 Å². The summed E-state index contributed by atoms with van der Waals surface area (Å²) in [5.74, 6) is 0.322. The number of amides is 1. The van der Waals surface area contributed by atoms with Crippen LogP contribution in [0.4, 0.5) is 5.69 Å². The average Bonchev–Trinajstić information content (AvgIpc) is 2.82. The van der Waals surface area contributed by atoms with Crippen molar-refractivity contribution in [1.29, 1.82) is 0 Å². The number of sulfonamides is 1. The van der Waals surface area contributed by atoms with Crippen LogP contribution in [0.15, 0.2) is 48.5 Å². The largest absolute Gasteiger partial charge is 0.481 e. The Bertz CT molecular complexity index is 1000. The molecule has 1 N–H and O–H groups in total. The molecular formula is C24H33N3O5S. The standard InChI is InChI=1S/C24H33N3O5S/c1-4-23(32-22-11-9-21(10-12-22)26(2)33(3,29)30)24(28)25-17-19-5-7-20(8-6-19)18-27-13-15-31-16-14-27/h5-12,23H,4,13-18H2,1-3H3,(H,25,28)/t23-/m1/s1. The monoisotopic (exact) mass is 475 g/mol. The summed E-state index contributed by atoms with van der Waals surface area (Å²) in [6.45, 7) is 6.69. The molecule has 2 aromatic carbocycles. The normalized spacial score (nSPS) is 15.6. The van der Waals surface area contributed by atoms with Gasteiger partial charge in [0.15, 0.2) is 6.10 Å². The minimum absolute atomic E-state index is 0.188. The van der Waals surface area contributed by atoms with Crippen LogP contribution >= 0.6 is 0 Å². The predicted molar refractivity (Wildman–Crippen MR) is 129 cm³/mol. The summed E-state index contributed by atoms with van der Waals surface area (Å²) >= 11 is 0. The van der Waals surface area contributed by atoms with Crippen LogP contribution in [-0.4, -0.2) is 64.9 Å². The molecule has 0 unspecified atom stereocenters. The molecule has 8 nitrogen and oxygen atoms in total. The third kappa shape index (κ3) is 7.45. The summed E-state index contributed by atoms with van der Waals surface area (Å²) in [6.07, 6.45) is 1.02. The Kier molecular flexibility index (Phi) is 8.71. The third-order valence-electron chi connectivity index (χ3n) is 5.64. The highest BCUT2D eigenvalue weighted by molar-refractivity contribution is 7.92. The van der Waals surface area contributed by atoms with E-state index in [1.807, 2.05) is 19.1 Å². The van der Waals surface area contributed by atoms with E-state index in [9.17, 15) is 13.2 Å². The molecule has 2 aromatic rings. The van der Waals surface area contributed by atoms with Gasteiger partial charge in [0.05, 0.1) is 25.2 Å². The lowest BCUT2D eigenvalue weighted by Gasteiger charge is -2.26. The number of hydrogen-bond donors (Lipinski definition) is 1. The summed E-state index contributed by atoms with van der Waals surface area (Å²) in [7, 11) is -1.84. The highest BCUT2D eigenvalue weighted by atomic mass is 32.2. The Balaban J connectivity index is 1.50. The van der Waals surface area contributed by atoms with Crippen molar-refractivity contribution in [3.8, 4) is 5.75 Å². The number of benzene rings is 2. The van der Waals surface area contributed by atoms with Gasteiger partial charge in [-0.15, -0.1) is 0 Å². The molecule has 1 aliphatic heterocycles. The fourth-order valence-electron chi connectivity index (χ4n) is 3.50. The van der Waals surface area contributed by atoms with E-state index in [-0.39, 0.29) is 5.91 Å². The molecule has 0 aliphatic carbocycles. The van der Waals surface area contributed by atoms with E-state index in [4.69, 9.17) is 9.47 Å². The fraction of sp³-hybridized carbons (Fsp3) is 0.458. The maximum absolute atomic E-state index is 12.6. The fourth-order valence-corrected chi connectivity index (χ4v) is 4.00. The second-order valence-corrected chi connectivity index (χ2v) is 10.2. The molecule has 0 radical (unpaired) electrons. The first kappa shape index (κ1) is 25.0. The Labute approximate surface area is 196 Å². The summed E-state index contributed by atoms with van der Waals surface area (Å²) in [4.78, 5) is 15.0. The topological polar surface area (TPSA) is 88.2 Å². The van der Waals surface area contributed by atoms with Crippen molar-refractivity contribution in [2.24, 2.45) is 0 Å². The lowest BCUT2D eigenvalue weighted by atomic mass is 10.1. The van der Waals surface area contributed by atoms with Crippen molar-refractivity contribution < 1.29 is 22.7 Å². The zero-order valence-electron chi connectivity index (χ0n) is 19.5. The van der Waals surface area contributed by atoms with Crippen molar-refractivity contribution >= 4 is 21.6 Å². The van der Waals surface area contributed by atoms with E-state index in [0.717, 1.165) is 44.7 Å². The zero-order valence-corrected chi connectivity index (χ0v) is 20.3. The van der Waals surface area contributed by atoms with Gasteiger partial charge in [0, 0.05) is 33.2 Å². The molecule has 180 valence electrons. The van der Waals surface area contributed by atoms with Crippen LogP contribution < -0.4 is 14.4 Å². The van der Waals surface area contributed by atoms with Crippen molar-refractivity contribution in [3.05, 3.63) is 59.7 Å².